The zero-order valence-corrected chi connectivity index (χ0v) is 11.4. The van der Waals surface area contributed by atoms with Gasteiger partial charge in [0.2, 0.25) is 5.91 Å². The van der Waals surface area contributed by atoms with Gasteiger partial charge in [-0.3, -0.25) is 19.7 Å². The van der Waals surface area contributed by atoms with E-state index in [0.29, 0.717) is 13.0 Å². The number of benzene rings is 1. The first-order valence-electron chi connectivity index (χ1n) is 5.90. The van der Waals surface area contributed by atoms with Gasteiger partial charge in [-0.25, -0.2) is 0 Å². The standard InChI is InChI=1S/C12H12ClN3O4/c1-15-6-5-9(12(15)18)14-11(17)7-3-2-4-8(13)10(7)16(19)20/h2-4,9H,5-6H2,1H3,(H,14,17). The number of rotatable bonds is 3. The molecular formula is C12H12ClN3O4. The van der Waals surface area contributed by atoms with Crippen molar-refractivity contribution in [2.45, 2.75) is 12.5 Å². The quantitative estimate of drug-likeness (QED) is 0.670. The second-order valence-corrected chi connectivity index (χ2v) is 4.87. The molecule has 1 aliphatic rings. The van der Waals surface area contributed by atoms with Crippen molar-refractivity contribution in [2.24, 2.45) is 0 Å². The molecular weight excluding hydrogens is 286 g/mol. The fourth-order valence-electron chi connectivity index (χ4n) is 2.08. The van der Waals surface area contributed by atoms with Gasteiger partial charge in [-0.05, 0) is 18.6 Å². The molecule has 106 valence electrons. The molecule has 0 saturated carbocycles. The Kier molecular flexibility index (Phi) is 3.89. The number of nitrogens with zero attached hydrogens (tertiary/aromatic N) is 2. The summed E-state index contributed by atoms with van der Waals surface area (Å²) in [5.74, 6) is -0.879. The van der Waals surface area contributed by atoms with E-state index in [4.69, 9.17) is 11.6 Å². The Morgan fingerprint density at radius 1 is 1.55 bits per heavy atom. The van der Waals surface area contributed by atoms with Crippen LogP contribution in [0.1, 0.15) is 16.8 Å². The topological polar surface area (TPSA) is 92.6 Å². The number of amides is 2. The first kappa shape index (κ1) is 14.3. The molecule has 1 aromatic rings. The smallest absolute Gasteiger partial charge is 0.300 e. The van der Waals surface area contributed by atoms with Crippen LogP contribution in [0.15, 0.2) is 18.2 Å². The van der Waals surface area contributed by atoms with Crippen molar-refractivity contribution in [3.63, 3.8) is 0 Å². The molecule has 20 heavy (non-hydrogen) atoms. The summed E-state index contributed by atoms with van der Waals surface area (Å²) in [6.45, 7) is 0.543. The van der Waals surface area contributed by atoms with Gasteiger partial charge >= 0.3 is 5.69 Å². The molecule has 7 nitrogen and oxygen atoms in total. The molecule has 1 aromatic carbocycles. The average Bonchev–Trinajstić information content (AvgIpc) is 2.70. The van der Waals surface area contributed by atoms with E-state index in [9.17, 15) is 19.7 Å². The molecule has 0 bridgehead atoms. The van der Waals surface area contributed by atoms with Gasteiger partial charge in [0.25, 0.3) is 5.91 Å². The summed E-state index contributed by atoms with van der Waals surface area (Å²) in [5.41, 5.74) is -0.602. The second-order valence-electron chi connectivity index (χ2n) is 4.47. The summed E-state index contributed by atoms with van der Waals surface area (Å²) in [7, 11) is 1.64. The van der Waals surface area contributed by atoms with E-state index in [-0.39, 0.29) is 16.5 Å². The molecule has 1 atom stereocenters. The Morgan fingerprint density at radius 3 is 2.80 bits per heavy atom. The molecule has 1 fully saturated rings. The molecule has 1 N–H and O–H groups in total. The largest absolute Gasteiger partial charge is 0.344 e. The monoisotopic (exact) mass is 297 g/mol. The highest BCUT2D eigenvalue weighted by atomic mass is 35.5. The van der Waals surface area contributed by atoms with E-state index in [1.807, 2.05) is 0 Å². The Bertz CT molecular complexity index is 590. The lowest BCUT2D eigenvalue weighted by atomic mass is 10.1. The molecule has 0 spiro atoms. The number of halogens is 1. The number of para-hydroxylation sites is 1. The predicted molar refractivity (Wildman–Crippen MR) is 71.6 cm³/mol. The van der Waals surface area contributed by atoms with E-state index in [0.717, 1.165) is 0 Å². The predicted octanol–water partition coefficient (Wildman–Crippen LogP) is 1.21. The maximum absolute atomic E-state index is 12.1. The minimum atomic E-state index is -0.708. The number of hydrogen-bond donors (Lipinski definition) is 1. The molecule has 0 aromatic heterocycles. The van der Waals surface area contributed by atoms with Crippen LogP contribution in [0.2, 0.25) is 5.02 Å². The highest BCUT2D eigenvalue weighted by molar-refractivity contribution is 6.33. The lowest BCUT2D eigenvalue weighted by Crippen LogP contribution is -2.40. The molecule has 0 aliphatic carbocycles. The van der Waals surface area contributed by atoms with Gasteiger partial charge in [0.15, 0.2) is 0 Å². The Balaban J connectivity index is 2.24. The minimum Gasteiger partial charge on any atom is -0.344 e. The maximum atomic E-state index is 12.1. The summed E-state index contributed by atoms with van der Waals surface area (Å²) in [5, 5.41) is 13.4. The van der Waals surface area contributed by atoms with E-state index in [2.05, 4.69) is 5.32 Å². The van der Waals surface area contributed by atoms with Crippen molar-refractivity contribution in [3.05, 3.63) is 38.9 Å². The van der Waals surface area contributed by atoms with E-state index in [1.54, 1.807) is 7.05 Å². The SMILES string of the molecule is CN1CCC(NC(=O)c2cccc(Cl)c2[N+](=O)[O-])C1=O. The molecule has 1 unspecified atom stereocenters. The van der Waals surface area contributed by atoms with Crippen LogP contribution in [0.3, 0.4) is 0 Å². The number of nitro groups is 1. The number of nitro benzene ring substituents is 1. The zero-order chi connectivity index (χ0) is 14.9. The average molecular weight is 298 g/mol. The molecule has 8 heteroatoms. The molecule has 2 amide bonds. The van der Waals surface area contributed by atoms with Crippen LogP contribution in [0.4, 0.5) is 5.69 Å². The van der Waals surface area contributed by atoms with Crippen molar-refractivity contribution in [1.82, 2.24) is 10.2 Å². The maximum Gasteiger partial charge on any atom is 0.300 e. The molecule has 1 heterocycles. The number of likely N-dealkylation sites (N-methyl/N-ethyl adjacent to an activating group) is 1. The van der Waals surface area contributed by atoms with Crippen LogP contribution in [0.25, 0.3) is 0 Å². The van der Waals surface area contributed by atoms with Crippen molar-refractivity contribution in [3.8, 4) is 0 Å². The molecule has 0 radical (unpaired) electrons. The first-order valence-corrected chi connectivity index (χ1v) is 6.28. The third-order valence-corrected chi connectivity index (χ3v) is 3.45. The second kappa shape index (κ2) is 5.46. The third-order valence-electron chi connectivity index (χ3n) is 3.15. The number of nitrogens with one attached hydrogen (secondary N) is 1. The van der Waals surface area contributed by atoms with Crippen molar-refractivity contribution in [2.75, 3.05) is 13.6 Å². The lowest BCUT2D eigenvalue weighted by molar-refractivity contribution is -0.385. The van der Waals surface area contributed by atoms with Crippen molar-refractivity contribution >= 4 is 29.1 Å². The molecule has 2 rings (SSSR count). The van der Waals surface area contributed by atoms with Crippen LogP contribution in [0.5, 0.6) is 0 Å². The summed E-state index contributed by atoms with van der Waals surface area (Å²) in [4.78, 5) is 35.5. The normalized spacial score (nSPS) is 18.2. The summed E-state index contributed by atoms with van der Waals surface area (Å²) < 4.78 is 0. The van der Waals surface area contributed by atoms with Crippen LogP contribution in [-0.2, 0) is 4.79 Å². The number of likely N-dealkylation sites (tertiary alicyclic amines) is 1. The fourth-order valence-corrected chi connectivity index (χ4v) is 2.32. The van der Waals surface area contributed by atoms with Gasteiger partial charge < -0.3 is 10.2 Å². The number of hydrogen-bond acceptors (Lipinski definition) is 4. The van der Waals surface area contributed by atoms with Crippen LogP contribution < -0.4 is 5.32 Å². The highest BCUT2D eigenvalue weighted by Gasteiger charge is 2.32. The van der Waals surface area contributed by atoms with Gasteiger partial charge in [0, 0.05) is 13.6 Å². The summed E-state index contributed by atoms with van der Waals surface area (Å²) >= 11 is 5.74. The Labute approximate surface area is 119 Å². The van der Waals surface area contributed by atoms with E-state index >= 15 is 0 Å². The van der Waals surface area contributed by atoms with E-state index < -0.39 is 22.6 Å². The first-order chi connectivity index (χ1) is 9.41. The Hall–Kier alpha value is -2.15. The van der Waals surface area contributed by atoms with E-state index in [1.165, 1.54) is 23.1 Å². The van der Waals surface area contributed by atoms with Crippen LogP contribution in [-0.4, -0.2) is 41.3 Å². The Morgan fingerprint density at radius 2 is 2.25 bits per heavy atom. The number of carbonyl (C=O) groups is 2. The van der Waals surface area contributed by atoms with Crippen molar-refractivity contribution in [1.29, 1.82) is 0 Å². The van der Waals surface area contributed by atoms with Gasteiger partial charge in [0.1, 0.15) is 16.6 Å². The summed E-state index contributed by atoms with van der Waals surface area (Å²) in [6.07, 6.45) is 0.482. The summed E-state index contributed by atoms with van der Waals surface area (Å²) in [6, 6.07) is 3.45. The van der Waals surface area contributed by atoms with Gasteiger partial charge in [0.05, 0.1) is 4.92 Å². The molecule has 1 saturated heterocycles. The van der Waals surface area contributed by atoms with Crippen LogP contribution in [0, 0.1) is 10.1 Å². The third kappa shape index (κ3) is 2.57. The highest BCUT2D eigenvalue weighted by Crippen LogP contribution is 2.28. The van der Waals surface area contributed by atoms with Gasteiger partial charge in [-0.2, -0.15) is 0 Å². The fraction of sp³-hybridized carbons (Fsp3) is 0.333. The lowest BCUT2D eigenvalue weighted by Gasteiger charge is -2.12. The van der Waals surface area contributed by atoms with Gasteiger partial charge in [-0.1, -0.05) is 17.7 Å². The zero-order valence-electron chi connectivity index (χ0n) is 10.6. The minimum absolute atomic E-state index is 0.113. The molecule has 1 aliphatic heterocycles. The van der Waals surface area contributed by atoms with Gasteiger partial charge in [-0.15, -0.1) is 0 Å². The number of carbonyl (C=O) groups excluding carboxylic acids is 2. The van der Waals surface area contributed by atoms with Crippen LogP contribution >= 0.6 is 11.6 Å². The van der Waals surface area contributed by atoms with Crippen molar-refractivity contribution < 1.29 is 14.5 Å².